The van der Waals surface area contributed by atoms with Crippen LogP contribution >= 0.6 is 31.9 Å². The summed E-state index contributed by atoms with van der Waals surface area (Å²) in [5, 5.41) is 0. The summed E-state index contributed by atoms with van der Waals surface area (Å²) < 4.78 is 7.76. The van der Waals surface area contributed by atoms with Gasteiger partial charge >= 0.3 is 0 Å². The lowest BCUT2D eigenvalue weighted by molar-refractivity contribution is 0.318. The Morgan fingerprint density at radius 2 is 1.65 bits per heavy atom. The summed E-state index contributed by atoms with van der Waals surface area (Å²) in [5.41, 5.74) is 7.98. The fourth-order valence-electron chi connectivity index (χ4n) is 1.88. The van der Waals surface area contributed by atoms with Crippen molar-refractivity contribution in [2.24, 2.45) is 5.73 Å². The molecule has 0 aliphatic carbocycles. The fourth-order valence-corrected chi connectivity index (χ4v) is 3.39. The number of hydrogen-bond acceptors (Lipinski definition) is 3. The van der Waals surface area contributed by atoms with E-state index in [1.807, 2.05) is 12.1 Å². The van der Waals surface area contributed by atoms with Crippen LogP contribution in [0, 0.1) is 0 Å². The number of hydrogen-bond donors (Lipinski definition) is 1. The first-order chi connectivity index (χ1) is 9.70. The van der Waals surface area contributed by atoms with Crippen LogP contribution in [-0.2, 0) is 12.8 Å². The van der Waals surface area contributed by atoms with Crippen molar-refractivity contribution in [3.05, 3.63) is 56.7 Å². The molecule has 0 unspecified atom stereocenters. The Kier molecular flexibility index (Phi) is 6.01. The lowest BCUT2D eigenvalue weighted by Crippen LogP contribution is -2.05. The number of nitrogens with two attached hydrogens (primary N) is 1. The molecule has 0 amide bonds. The molecule has 0 spiro atoms. The highest BCUT2D eigenvalue weighted by Gasteiger charge is 2.09. The molecule has 0 aliphatic heterocycles. The molecule has 0 radical (unpaired) electrons. The molecule has 0 fully saturated rings. The van der Waals surface area contributed by atoms with Crippen molar-refractivity contribution in [2.75, 3.05) is 13.2 Å². The SMILES string of the molecule is NCCc1cc(Br)c(OCCc2ccncc2)c(Br)c1. The summed E-state index contributed by atoms with van der Waals surface area (Å²) in [6.07, 6.45) is 5.30. The van der Waals surface area contributed by atoms with Crippen LogP contribution in [0.1, 0.15) is 11.1 Å². The second-order valence-corrected chi connectivity index (χ2v) is 6.09. The average molecular weight is 400 g/mol. The van der Waals surface area contributed by atoms with E-state index < -0.39 is 0 Å². The van der Waals surface area contributed by atoms with E-state index in [2.05, 4.69) is 49.0 Å². The monoisotopic (exact) mass is 398 g/mol. The molecule has 106 valence electrons. The first-order valence-electron chi connectivity index (χ1n) is 6.40. The van der Waals surface area contributed by atoms with Gasteiger partial charge in [-0.3, -0.25) is 4.98 Å². The normalized spacial score (nSPS) is 10.6. The lowest BCUT2D eigenvalue weighted by atomic mass is 10.1. The van der Waals surface area contributed by atoms with Crippen LogP contribution < -0.4 is 10.5 Å². The van der Waals surface area contributed by atoms with Crippen LogP contribution in [0.2, 0.25) is 0 Å². The highest BCUT2D eigenvalue weighted by atomic mass is 79.9. The van der Waals surface area contributed by atoms with E-state index >= 15 is 0 Å². The number of rotatable bonds is 6. The summed E-state index contributed by atoms with van der Waals surface area (Å²) in [6.45, 7) is 1.26. The van der Waals surface area contributed by atoms with Crippen LogP contribution in [0.15, 0.2) is 45.6 Å². The van der Waals surface area contributed by atoms with Gasteiger partial charge in [-0.15, -0.1) is 0 Å². The van der Waals surface area contributed by atoms with Crippen molar-refractivity contribution in [3.8, 4) is 5.75 Å². The van der Waals surface area contributed by atoms with Crippen LogP contribution in [0.25, 0.3) is 0 Å². The van der Waals surface area contributed by atoms with Crippen molar-refractivity contribution < 1.29 is 4.74 Å². The Hall–Kier alpha value is -0.910. The first-order valence-corrected chi connectivity index (χ1v) is 7.99. The number of nitrogens with zero attached hydrogens (tertiary/aromatic N) is 1. The van der Waals surface area contributed by atoms with E-state index in [0.29, 0.717) is 13.2 Å². The molecule has 2 rings (SSSR count). The third kappa shape index (κ3) is 4.30. The van der Waals surface area contributed by atoms with E-state index in [9.17, 15) is 0 Å². The molecule has 0 atom stereocenters. The van der Waals surface area contributed by atoms with Gasteiger partial charge in [0.15, 0.2) is 0 Å². The first kappa shape index (κ1) is 15.5. The largest absolute Gasteiger partial charge is 0.491 e. The molecular formula is C15H16Br2N2O. The zero-order valence-corrected chi connectivity index (χ0v) is 14.2. The molecular weight excluding hydrogens is 384 g/mol. The van der Waals surface area contributed by atoms with Gasteiger partial charge in [0.2, 0.25) is 0 Å². The second kappa shape index (κ2) is 7.76. The van der Waals surface area contributed by atoms with E-state index in [0.717, 1.165) is 27.5 Å². The summed E-state index contributed by atoms with van der Waals surface area (Å²) >= 11 is 7.10. The Balaban J connectivity index is 1.99. The average Bonchev–Trinajstić information content (AvgIpc) is 2.43. The minimum absolute atomic E-state index is 0.622. The van der Waals surface area contributed by atoms with Crippen molar-refractivity contribution in [1.29, 1.82) is 0 Å². The standard InChI is InChI=1S/C15H16Br2N2O/c16-13-9-12(1-5-18)10-14(17)15(13)20-8-4-11-2-6-19-7-3-11/h2-3,6-7,9-10H,1,4-5,8,18H2. The molecule has 20 heavy (non-hydrogen) atoms. The molecule has 5 heteroatoms. The van der Waals surface area contributed by atoms with Crippen molar-refractivity contribution in [3.63, 3.8) is 0 Å². The number of benzene rings is 1. The quantitative estimate of drug-likeness (QED) is 0.804. The minimum Gasteiger partial charge on any atom is -0.491 e. The third-order valence-corrected chi connectivity index (χ3v) is 4.06. The van der Waals surface area contributed by atoms with Crippen LogP contribution in [0.4, 0.5) is 0 Å². The Bertz CT molecular complexity index is 538. The van der Waals surface area contributed by atoms with E-state index in [4.69, 9.17) is 10.5 Å². The topological polar surface area (TPSA) is 48.1 Å². The van der Waals surface area contributed by atoms with Gasteiger partial charge in [-0.05, 0) is 80.2 Å². The Morgan fingerprint density at radius 3 is 2.25 bits per heavy atom. The molecule has 0 saturated carbocycles. The third-order valence-electron chi connectivity index (χ3n) is 2.88. The van der Waals surface area contributed by atoms with Gasteiger partial charge in [0.1, 0.15) is 5.75 Å². The lowest BCUT2D eigenvalue weighted by Gasteiger charge is -2.12. The van der Waals surface area contributed by atoms with Gasteiger partial charge in [-0.1, -0.05) is 0 Å². The van der Waals surface area contributed by atoms with Crippen LogP contribution in [-0.4, -0.2) is 18.1 Å². The van der Waals surface area contributed by atoms with Crippen molar-refractivity contribution in [2.45, 2.75) is 12.8 Å². The van der Waals surface area contributed by atoms with Gasteiger partial charge in [0.25, 0.3) is 0 Å². The molecule has 2 N–H and O–H groups in total. The molecule has 0 bridgehead atoms. The minimum atomic E-state index is 0.622. The molecule has 1 heterocycles. The Labute approximate surface area is 135 Å². The highest BCUT2D eigenvalue weighted by Crippen LogP contribution is 2.35. The molecule has 1 aromatic heterocycles. The maximum atomic E-state index is 5.86. The molecule has 3 nitrogen and oxygen atoms in total. The molecule has 0 aliphatic rings. The predicted molar refractivity (Wildman–Crippen MR) is 88.0 cm³/mol. The smallest absolute Gasteiger partial charge is 0.147 e. The van der Waals surface area contributed by atoms with Crippen LogP contribution in [0.3, 0.4) is 0 Å². The van der Waals surface area contributed by atoms with Crippen molar-refractivity contribution in [1.82, 2.24) is 4.98 Å². The number of ether oxygens (including phenoxy) is 1. The van der Waals surface area contributed by atoms with Gasteiger partial charge < -0.3 is 10.5 Å². The molecule has 0 saturated heterocycles. The van der Waals surface area contributed by atoms with E-state index in [-0.39, 0.29) is 0 Å². The van der Waals surface area contributed by atoms with E-state index in [1.54, 1.807) is 12.4 Å². The highest BCUT2D eigenvalue weighted by molar-refractivity contribution is 9.11. The number of halogens is 2. The summed E-state index contributed by atoms with van der Waals surface area (Å²) in [7, 11) is 0. The zero-order chi connectivity index (χ0) is 14.4. The van der Waals surface area contributed by atoms with Crippen LogP contribution in [0.5, 0.6) is 5.75 Å². The van der Waals surface area contributed by atoms with Gasteiger partial charge in [-0.25, -0.2) is 0 Å². The van der Waals surface area contributed by atoms with E-state index in [1.165, 1.54) is 11.1 Å². The molecule has 2 aromatic rings. The number of pyridine rings is 1. The zero-order valence-electron chi connectivity index (χ0n) is 11.0. The van der Waals surface area contributed by atoms with Crippen molar-refractivity contribution >= 4 is 31.9 Å². The van der Waals surface area contributed by atoms with Gasteiger partial charge in [-0.2, -0.15) is 0 Å². The summed E-state index contributed by atoms with van der Waals surface area (Å²) in [5.74, 6) is 0.833. The summed E-state index contributed by atoms with van der Waals surface area (Å²) in [4.78, 5) is 4.00. The fraction of sp³-hybridized carbons (Fsp3) is 0.267. The Morgan fingerprint density at radius 1 is 1.00 bits per heavy atom. The summed E-state index contributed by atoms with van der Waals surface area (Å²) in [6, 6.07) is 8.11. The second-order valence-electron chi connectivity index (χ2n) is 4.38. The predicted octanol–water partition coefficient (Wildman–Crippen LogP) is 3.73. The maximum Gasteiger partial charge on any atom is 0.147 e. The number of aromatic nitrogens is 1. The van der Waals surface area contributed by atoms with Gasteiger partial charge in [0.05, 0.1) is 15.6 Å². The van der Waals surface area contributed by atoms with Gasteiger partial charge in [0, 0.05) is 18.8 Å². The molecule has 1 aromatic carbocycles. The maximum absolute atomic E-state index is 5.86.